The molecule has 0 amide bonds. The van der Waals surface area contributed by atoms with Crippen molar-refractivity contribution >= 4 is 17.3 Å². The first-order chi connectivity index (χ1) is 9.52. The van der Waals surface area contributed by atoms with E-state index in [-0.39, 0.29) is 17.3 Å². The second kappa shape index (κ2) is 5.51. The number of nitrogens with one attached hydrogen (secondary N) is 1. The highest BCUT2D eigenvalue weighted by molar-refractivity contribution is 5.69. The van der Waals surface area contributed by atoms with E-state index < -0.39 is 4.92 Å². The fourth-order valence-electron chi connectivity index (χ4n) is 1.90. The number of nitrogens with zero attached hydrogens (tertiary/aromatic N) is 6. The highest BCUT2D eigenvalue weighted by Gasteiger charge is 2.24. The fraction of sp³-hybridized carbons (Fsp3) is 0.364. The molecular weight excluding hydrogens is 262 g/mol. The van der Waals surface area contributed by atoms with Crippen molar-refractivity contribution in [3.05, 3.63) is 34.4 Å². The molecule has 0 unspecified atom stereocenters. The van der Waals surface area contributed by atoms with Crippen LogP contribution in [0.4, 0.5) is 17.3 Å². The van der Waals surface area contributed by atoms with E-state index in [1.807, 2.05) is 13.2 Å². The highest BCUT2D eigenvalue weighted by atomic mass is 16.6. The third-order valence-electron chi connectivity index (χ3n) is 2.76. The molecule has 2 rings (SSSR count). The van der Waals surface area contributed by atoms with Crippen molar-refractivity contribution in [3.63, 3.8) is 0 Å². The second-order valence-electron chi connectivity index (χ2n) is 4.28. The zero-order chi connectivity index (χ0) is 14.7. The minimum Gasteiger partial charge on any atom is -0.367 e. The Labute approximate surface area is 115 Å². The summed E-state index contributed by atoms with van der Waals surface area (Å²) in [5.74, 6) is 0.455. The third kappa shape index (κ3) is 2.66. The number of aryl methyl sites for hydroxylation is 1. The maximum Gasteiger partial charge on any atom is 0.353 e. The molecule has 0 aliphatic rings. The standard InChI is InChI=1S/C11H15N7O2/c1-12-10-9(18(19)20)11(14-7-13-10)16(2)5-8-4-15-17(3)6-8/h4,6-7H,5H2,1-3H3,(H,12,13,14). The lowest BCUT2D eigenvalue weighted by Crippen LogP contribution is -2.19. The van der Waals surface area contributed by atoms with Crippen LogP contribution in [0.25, 0.3) is 0 Å². The Morgan fingerprint density at radius 3 is 2.80 bits per heavy atom. The minimum atomic E-state index is -0.485. The predicted octanol–water partition coefficient (Wildman–Crippen LogP) is 0.796. The molecular formula is C11H15N7O2. The number of anilines is 2. The van der Waals surface area contributed by atoms with Gasteiger partial charge in [0.05, 0.1) is 11.1 Å². The van der Waals surface area contributed by atoms with Crippen molar-refractivity contribution < 1.29 is 4.92 Å². The van der Waals surface area contributed by atoms with Crippen LogP contribution in [0.3, 0.4) is 0 Å². The lowest BCUT2D eigenvalue weighted by atomic mass is 10.3. The fourth-order valence-corrected chi connectivity index (χ4v) is 1.90. The predicted molar refractivity (Wildman–Crippen MR) is 73.5 cm³/mol. The number of aromatic nitrogens is 4. The summed E-state index contributed by atoms with van der Waals surface area (Å²) in [5.41, 5.74) is 0.801. The van der Waals surface area contributed by atoms with E-state index in [4.69, 9.17) is 0 Å². The number of hydrogen-bond acceptors (Lipinski definition) is 7. The Bertz CT molecular complexity index is 625. The van der Waals surface area contributed by atoms with Crippen LogP contribution in [0.2, 0.25) is 0 Å². The van der Waals surface area contributed by atoms with E-state index in [2.05, 4.69) is 20.4 Å². The normalized spacial score (nSPS) is 10.3. The van der Waals surface area contributed by atoms with Crippen molar-refractivity contribution in [2.75, 3.05) is 24.3 Å². The Morgan fingerprint density at radius 2 is 2.25 bits per heavy atom. The number of nitro groups is 1. The topological polar surface area (TPSA) is 102 Å². The van der Waals surface area contributed by atoms with Crippen LogP contribution in [0.1, 0.15) is 5.56 Å². The van der Waals surface area contributed by atoms with Gasteiger partial charge in [0.2, 0.25) is 11.6 Å². The quantitative estimate of drug-likeness (QED) is 0.636. The van der Waals surface area contributed by atoms with E-state index in [1.165, 1.54) is 6.33 Å². The largest absolute Gasteiger partial charge is 0.367 e. The zero-order valence-electron chi connectivity index (χ0n) is 11.4. The molecule has 1 N–H and O–H groups in total. The van der Waals surface area contributed by atoms with E-state index in [0.717, 1.165) is 5.56 Å². The van der Waals surface area contributed by atoms with E-state index in [0.29, 0.717) is 6.54 Å². The average molecular weight is 277 g/mol. The molecule has 0 bridgehead atoms. The minimum absolute atomic E-state index is 0.138. The molecule has 0 aliphatic heterocycles. The summed E-state index contributed by atoms with van der Waals surface area (Å²) in [6.07, 6.45) is 4.86. The summed E-state index contributed by atoms with van der Waals surface area (Å²) in [6, 6.07) is 0. The van der Waals surface area contributed by atoms with Crippen molar-refractivity contribution in [2.45, 2.75) is 6.54 Å². The molecule has 2 aromatic heterocycles. The SMILES string of the molecule is CNc1ncnc(N(C)Cc2cnn(C)c2)c1[N+](=O)[O-]. The van der Waals surface area contributed by atoms with Crippen LogP contribution in [-0.4, -0.2) is 38.8 Å². The van der Waals surface area contributed by atoms with Gasteiger partial charge in [0.25, 0.3) is 0 Å². The first-order valence-electron chi connectivity index (χ1n) is 5.88. The summed E-state index contributed by atoms with van der Waals surface area (Å²) in [7, 11) is 5.14. The second-order valence-corrected chi connectivity index (χ2v) is 4.28. The van der Waals surface area contributed by atoms with Gasteiger partial charge in [-0.05, 0) is 0 Å². The summed E-state index contributed by atoms with van der Waals surface area (Å²) < 4.78 is 1.68. The van der Waals surface area contributed by atoms with Crippen molar-refractivity contribution in [1.29, 1.82) is 0 Å². The molecule has 20 heavy (non-hydrogen) atoms. The Balaban J connectivity index is 2.34. The van der Waals surface area contributed by atoms with Gasteiger partial charge in [-0.15, -0.1) is 0 Å². The van der Waals surface area contributed by atoms with Gasteiger partial charge in [0.15, 0.2) is 0 Å². The zero-order valence-corrected chi connectivity index (χ0v) is 11.4. The molecule has 9 nitrogen and oxygen atoms in total. The van der Waals surface area contributed by atoms with Gasteiger partial charge in [-0.2, -0.15) is 5.10 Å². The van der Waals surface area contributed by atoms with Crippen LogP contribution in [0.15, 0.2) is 18.7 Å². The van der Waals surface area contributed by atoms with Crippen LogP contribution in [0, 0.1) is 10.1 Å². The molecule has 2 heterocycles. The van der Waals surface area contributed by atoms with Crippen molar-refractivity contribution in [1.82, 2.24) is 19.7 Å². The monoisotopic (exact) mass is 277 g/mol. The highest BCUT2D eigenvalue weighted by Crippen LogP contribution is 2.31. The van der Waals surface area contributed by atoms with E-state index in [9.17, 15) is 10.1 Å². The van der Waals surface area contributed by atoms with Crippen molar-refractivity contribution in [2.24, 2.45) is 7.05 Å². The van der Waals surface area contributed by atoms with Gasteiger partial charge >= 0.3 is 5.69 Å². The number of rotatable bonds is 5. The molecule has 0 aromatic carbocycles. The van der Waals surface area contributed by atoms with Crippen LogP contribution in [-0.2, 0) is 13.6 Å². The van der Waals surface area contributed by atoms with Crippen LogP contribution in [0.5, 0.6) is 0 Å². The molecule has 0 saturated carbocycles. The van der Waals surface area contributed by atoms with Crippen LogP contribution >= 0.6 is 0 Å². The van der Waals surface area contributed by atoms with Gasteiger partial charge in [-0.1, -0.05) is 0 Å². The van der Waals surface area contributed by atoms with Gasteiger partial charge < -0.3 is 10.2 Å². The van der Waals surface area contributed by atoms with Gasteiger partial charge in [0.1, 0.15) is 6.33 Å². The molecule has 0 fully saturated rings. The molecule has 0 atom stereocenters. The molecule has 0 spiro atoms. The van der Waals surface area contributed by atoms with Gasteiger partial charge in [0, 0.05) is 39.4 Å². The average Bonchev–Trinajstić information content (AvgIpc) is 2.82. The number of hydrogen-bond donors (Lipinski definition) is 1. The Hall–Kier alpha value is -2.71. The summed E-state index contributed by atoms with van der Waals surface area (Å²) >= 11 is 0. The summed E-state index contributed by atoms with van der Waals surface area (Å²) in [6.45, 7) is 0.467. The molecule has 106 valence electrons. The molecule has 0 saturated heterocycles. The van der Waals surface area contributed by atoms with E-state index >= 15 is 0 Å². The molecule has 0 aliphatic carbocycles. The maximum absolute atomic E-state index is 11.2. The molecule has 2 aromatic rings. The van der Waals surface area contributed by atoms with Crippen molar-refractivity contribution in [3.8, 4) is 0 Å². The van der Waals surface area contributed by atoms with E-state index in [1.54, 1.807) is 29.9 Å². The lowest BCUT2D eigenvalue weighted by molar-refractivity contribution is -0.383. The molecule has 9 heteroatoms. The smallest absolute Gasteiger partial charge is 0.353 e. The maximum atomic E-state index is 11.2. The lowest BCUT2D eigenvalue weighted by Gasteiger charge is -2.17. The summed E-state index contributed by atoms with van der Waals surface area (Å²) in [5, 5.41) is 18.0. The Kier molecular flexibility index (Phi) is 3.78. The molecule has 0 radical (unpaired) electrons. The third-order valence-corrected chi connectivity index (χ3v) is 2.76. The Morgan fingerprint density at radius 1 is 1.50 bits per heavy atom. The first-order valence-corrected chi connectivity index (χ1v) is 5.88. The first kappa shape index (κ1) is 13.7. The van der Waals surface area contributed by atoms with Crippen LogP contribution < -0.4 is 10.2 Å². The van der Waals surface area contributed by atoms with Gasteiger partial charge in [-0.25, -0.2) is 9.97 Å². The van der Waals surface area contributed by atoms with Gasteiger partial charge in [-0.3, -0.25) is 14.8 Å². The summed E-state index contributed by atoms with van der Waals surface area (Å²) in [4.78, 5) is 20.3.